The van der Waals surface area contributed by atoms with Crippen molar-refractivity contribution in [3.63, 3.8) is 0 Å². The molecular weight excluding hydrogens is 277 g/mol. The zero-order valence-electron chi connectivity index (χ0n) is 11.4. The zero-order chi connectivity index (χ0) is 15.4. The molecule has 6 nitrogen and oxygen atoms in total. The number of hydrogen-bond acceptors (Lipinski definition) is 3. The van der Waals surface area contributed by atoms with Gasteiger partial charge in [-0.1, -0.05) is 18.9 Å². The fourth-order valence-corrected chi connectivity index (χ4v) is 2.51. The van der Waals surface area contributed by atoms with Crippen molar-refractivity contribution in [3.05, 3.63) is 29.6 Å². The first-order valence-corrected chi connectivity index (χ1v) is 6.84. The summed E-state index contributed by atoms with van der Waals surface area (Å²) in [7, 11) is 0. The maximum atomic E-state index is 13.5. The molecule has 1 saturated carbocycles. The molecule has 5 N–H and O–H groups in total. The Hall–Kier alpha value is -2.15. The van der Waals surface area contributed by atoms with Crippen LogP contribution in [-0.4, -0.2) is 29.2 Å². The quantitative estimate of drug-likeness (QED) is 0.683. The Balaban J connectivity index is 2.06. The number of rotatable bonds is 3. The first kappa shape index (κ1) is 15.2. The molecule has 2 atom stereocenters. The number of anilines is 1. The number of halogens is 1. The maximum Gasteiger partial charge on any atom is 0.340 e. The molecule has 1 aliphatic rings. The smallest absolute Gasteiger partial charge is 0.340 e. The fraction of sp³-hybridized carbons (Fsp3) is 0.429. The van der Waals surface area contributed by atoms with Crippen molar-refractivity contribution in [2.75, 3.05) is 5.32 Å². The van der Waals surface area contributed by atoms with Crippen molar-refractivity contribution in [1.82, 2.24) is 5.32 Å². The predicted molar refractivity (Wildman–Crippen MR) is 75.7 cm³/mol. The Bertz CT molecular complexity index is 550. The van der Waals surface area contributed by atoms with Crippen LogP contribution in [0.1, 0.15) is 36.0 Å². The lowest BCUT2D eigenvalue weighted by atomic mass is 9.91. The zero-order valence-corrected chi connectivity index (χ0v) is 11.4. The highest BCUT2D eigenvalue weighted by atomic mass is 19.1. The van der Waals surface area contributed by atoms with Crippen LogP contribution >= 0.6 is 0 Å². The van der Waals surface area contributed by atoms with Crippen LogP contribution in [0.5, 0.6) is 0 Å². The van der Waals surface area contributed by atoms with Crippen LogP contribution in [0.15, 0.2) is 18.2 Å². The van der Waals surface area contributed by atoms with E-state index in [-0.39, 0.29) is 17.8 Å². The normalized spacial score (nSPS) is 21.6. The van der Waals surface area contributed by atoms with Gasteiger partial charge in [0.05, 0.1) is 5.69 Å². The Kier molecular flexibility index (Phi) is 4.74. The van der Waals surface area contributed by atoms with Crippen molar-refractivity contribution < 1.29 is 19.1 Å². The monoisotopic (exact) mass is 295 g/mol. The fourth-order valence-electron chi connectivity index (χ4n) is 2.51. The molecule has 7 heteroatoms. The van der Waals surface area contributed by atoms with E-state index in [1.165, 1.54) is 12.1 Å². The topological polar surface area (TPSA) is 104 Å². The number of amides is 2. The first-order chi connectivity index (χ1) is 9.99. The number of nitrogens with one attached hydrogen (secondary N) is 2. The molecule has 0 aliphatic heterocycles. The lowest BCUT2D eigenvalue weighted by molar-refractivity contribution is 0.0693. The molecule has 2 amide bonds. The van der Waals surface area contributed by atoms with E-state index in [4.69, 9.17) is 10.8 Å². The number of aromatic carboxylic acids is 1. The van der Waals surface area contributed by atoms with Crippen LogP contribution in [-0.2, 0) is 0 Å². The molecule has 0 aromatic heterocycles. The Morgan fingerprint density at radius 3 is 2.67 bits per heavy atom. The summed E-state index contributed by atoms with van der Waals surface area (Å²) >= 11 is 0. The third-order valence-electron chi connectivity index (χ3n) is 3.61. The molecule has 0 heterocycles. The number of carbonyl (C=O) groups excluding carboxylic acids is 1. The highest BCUT2D eigenvalue weighted by molar-refractivity contribution is 6.00. The number of carboxylic acids is 1. The molecule has 2 unspecified atom stereocenters. The van der Waals surface area contributed by atoms with Gasteiger partial charge in [0.2, 0.25) is 0 Å². The van der Waals surface area contributed by atoms with E-state index in [1.54, 1.807) is 0 Å². The van der Waals surface area contributed by atoms with E-state index < -0.39 is 23.4 Å². The molecule has 0 bridgehead atoms. The SMILES string of the molecule is NC1CCCCC1NC(=O)Nc1cccc(F)c1C(=O)O. The second-order valence-electron chi connectivity index (χ2n) is 5.12. The second kappa shape index (κ2) is 6.53. The van der Waals surface area contributed by atoms with Gasteiger partial charge in [0, 0.05) is 12.1 Å². The molecule has 21 heavy (non-hydrogen) atoms. The van der Waals surface area contributed by atoms with Crippen molar-refractivity contribution in [3.8, 4) is 0 Å². The van der Waals surface area contributed by atoms with E-state index in [0.29, 0.717) is 0 Å². The van der Waals surface area contributed by atoms with Gasteiger partial charge in [-0.2, -0.15) is 0 Å². The van der Waals surface area contributed by atoms with Crippen LogP contribution < -0.4 is 16.4 Å². The van der Waals surface area contributed by atoms with Crippen LogP contribution in [0.4, 0.5) is 14.9 Å². The first-order valence-electron chi connectivity index (χ1n) is 6.84. The summed E-state index contributed by atoms with van der Waals surface area (Å²) in [6.07, 6.45) is 3.64. The third kappa shape index (κ3) is 3.69. The van der Waals surface area contributed by atoms with Gasteiger partial charge in [0.1, 0.15) is 11.4 Å². The Morgan fingerprint density at radius 2 is 2.00 bits per heavy atom. The van der Waals surface area contributed by atoms with Crippen LogP contribution in [0.2, 0.25) is 0 Å². The van der Waals surface area contributed by atoms with Gasteiger partial charge < -0.3 is 21.5 Å². The molecule has 2 rings (SSSR count). The van der Waals surface area contributed by atoms with Gasteiger partial charge in [-0.05, 0) is 25.0 Å². The minimum atomic E-state index is -1.43. The number of benzene rings is 1. The summed E-state index contributed by atoms with van der Waals surface area (Å²) < 4.78 is 13.5. The lowest BCUT2D eigenvalue weighted by Crippen LogP contribution is -2.50. The number of carbonyl (C=O) groups is 2. The average Bonchev–Trinajstić information content (AvgIpc) is 2.41. The van der Waals surface area contributed by atoms with Crippen molar-refractivity contribution in [1.29, 1.82) is 0 Å². The summed E-state index contributed by atoms with van der Waals surface area (Å²) in [5, 5.41) is 14.1. The molecule has 1 aromatic carbocycles. The molecule has 1 aliphatic carbocycles. The standard InChI is InChI=1S/C14H18FN3O3/c15-8-4-3-7-11(12(8)13(19)20)18-14(21)17-10-6-2-1-5-9(10)16/h3-4,7,9-10H,1-2,5-6,16H2,(H,19,20)(H2,17,18,21). The molecule has 1 fully saturated rings. The van der Waals surface area contributed by atoms with E-state index in [2.05, 4.69) is 10.6 Å². The summed E-state index contributed by atoms with van der Waals surface area (Å²) in [5.41, 5.74) is 5.29. The predicted octanol–water partition coefficient (Wildman–Crippen LogP) is 1.92. The third-order valence-corrected chi connectivity index (χ3v) is 3.61. The minimum Gasteiger partial charge on any atom is -0.478 e. The summed E-state index contributed by atoms with van der Waals surface area (Å²) in [6.45, 7) is 0. The van der Waals surface area contributed by atoms with E-state index in [1.807, 2.05) is 0 Å². The molecule has 0 saturated heterocycles. The van der Waals surface area contributed by atoms with Gasteiger partial charge in [0.15, 0.2) is 0 Å². The minimum absolute atomic E-state index is 0.0793. The molecule has 0 radical (unpaired) electrons. The molecule has 0 spiro atoms. The van der Waals surface area contributed by atoms with Gasteiger partial charge in [0.25, 0.3) is 0 Å². The van der Waals surface area contributed by atoms with Crippen LogP contribution in [0.25, 0.3) is 0 Å². The van der Waals surface area contributed by atoms with Gasteiger partial charge >= 0.3 is 12.0 Å². The highest BCUT2D eigenvalue weighted by Crippen LogP contribution is 2.20. The summed E-state index contributed by atoms with van der Waals surface area (Å²) in [6, 6.07) is 2.86. The molecule has 114 valence electrons. The van der Waals surface area contributed by atoms with Crippen molar-refractivity contribution >= 4 is 17.7 Å². The molecular formula is C14H18FN3O3. The summed E-state index contributed by atoms with van der Waals surface area (Å²) in [5.74, 6) is -2.33. The van der Waals surface area contributed by atoms with Crippen molar-refractivity contribution in [2.45, 2.75) is 37.8 Å². The summed E-state index contributed by atoms with van der Waals surface area (Å²) in [4.78, 5) is 23.0. The van der Waals surface area contributed by atoms with Crippen LogP contribution in [0.3, 0.4) is 0 Å². The average molecular weight is 295 g/mol. The van der Waals surface area contributed by atoms with E-state index in [0.717, 1.165) is 31.7 Å². The number of urea groups is 1. The molecule has 1 aromatic rings. The number of hydrogen-bond donors (Lipinski definition) is 4. The lowest BCUT2D eigenvalue weighted by Gasteiger charge is -2.29. The van der Waals surface area contributed by atoms with E-state index in [9.17, 15) is 14.0 Å². The van der Waals surface area contributed by atoms with E-state index >= 15 is 0 Å². The Morgan fingerprint density at radius 1 is 1.29 bits per heavy atom. The van der Waals surface area contributed by atoms with Gasteiger partial charge in [-0.15, -0.1) is 0 Å². The number of nitrogens with two attached hydrogens (primary N) is 1. The van der Waals surface area contributed by atoms with Crippen molar-refractivity contribution in [2.24, 2.45) is 5.73 Å². The second-order valence-corrected chi connectivity index (χ2v) is 5.12. The highest BCUT2D eigenvalue weighted by Gasteiger charge is 2.24. The maximum absolute atomic E-state index is 13.5. The number of carboxylic acid groups (broad SMARTS) is 1. The van der Waals surface area contributed by atoms with Gasteiger partial charge in [-0.3, -0.25) is 0 Å². The van der Waals surface area contributed by atoms with Gasteiger partial charge in [-0.25, -0.2) is 14.0 Å². The van der Waals surface area contributed by atoms with Crippen LogP contribution in [0, 0.1) is 5.82 Å². The largest absolute Gasteiger partial charge is 0.478 e. The Labute approximate surface area is 121 Å².